The van der Waals surface area contributed by atoms with Gasteiger partial charge in [-0.2, -0.15) is 0 Å². The molecule has 0 spiro atoms. The zero-order valence-electron chi connectivity index (χ0n) is 8.53. The van der Waals surface area contributed by atoms with Crippen LogP contribution in [0.25, 0.3) is 0 Å². The number of ketones is 1. The van der Waals surface area contributed by atoms with E-state index in [4.69, 9.17) is 14.9 Å². The van der Waals surface area contributed by atoms with Crippen LogP contribution in [0.4, 0.5) is 5.69 Å². The van der Waals surface area contributed by atoms with Crippen LogP contribution in [0.5, 0.6) is 11.5 Å². The van der Waals surface area contributed by atoms with Gasteiger partial charge in [0.15, 0.2) is 23.1 Å². The Morgan fingerprint density at radius 1 is 1.25 bits per heavy atom. The lowest BCUT2D eigenvalue weighted by atomic mass is 10.2. The van der Waals surface area contributed by atoms with Crippen LogP contribution >= 0.6 is 0 Å². The molecule has 0 radical (unpaired) electrons. The minimum absolute atomic E-state index is 0.0545. The van der Waals surface area contributed by atoms with Crippen molar-refractivity contribution in [2.45, 2.75) is 6.42 Å². The molecule has 0 aliphatic carbocycles. The second kappa shape index (κ2) is 3.23. The summed E-state index contributed by atoms with van der Waals surface area (Å²) in [6.45, 7) is 0.798. The summed E-state index contributed by atoms with van der Waals surface area (Å²) >= 11 is 0. The molecule has 1 aromatic rings. The number of carbonyl (C=O) groups excluding carboxylic acids is 1. The summed E-state index contributed by atoms with van der Waals surface area (Å²) in [4.78, 5) is 13.0. The third-order valence-corrected chi connectivity index (χ3v) is 2.76. The lowest BCUT2D eigenvalue weighted by molar-refractivity contribution is -0.112. The fourth-order valence-electron chi connectivity index (χ4n) is 1.91. The van der Waals surface area contributed by atoms with Crippen molar-refractivity contribution in [3.8, 4) is 11.5 Å². The lowest BCUT2D eigenvalue weighted by Gasteiger charge is -2.16. The average molecular weight is 218 g/mol. The summed E-state index contributed by atoms with van der Waals surface area (Å²) in [6, 6.07) is 5.43. The number of nitrogens with zero attached hydrogens (tertiary/aromatic N) is 1. The van der Waals surface area contributed by atoms with Crippen LogP contribution in [0.15, 0.2) is 18.2 Å². The molecule has 82 valence electrons. The molecule has 0 amide bonds. The molecule has 1 N–H and O–H groups in total. The van der Waals surface area contributed by atoms with Crippen LogP contribution < -0.4 is 14.4 Å². The van der Waals surface area contributed by atoms with Crippen molar-refractivity contribution >= 4 is 17.3 Å². The Kier molecular flexibility index (Phi) is 1.86. The first-order valence-corrected chi connectivity index (χ1v) is 5.04. The number of nitrogens with one attached hydrogen (secondary N) is 1. The van der Waals surface area contributed by atoms with Crippen molar-refractivity contribution in [1.82, 2.24) is 0 Å². The van der Waals surface area contributed by atoms with E-state index >= 15 is 0 Å². The van der Waals surface area contributed by atoms with Gasteiger partial charge in [0.25, 0.3) is 0 Å². The summed E-state index contributed by atoms with van der Waals surface area (Å²) in [5.74, 6) is 1.32. The second-order valence-electron chi connectivity index (χ2n) is 3.71. The molecule has 1 aromatic carbocycles. The molecule has 0 saturated carbocycles. The van der Waals surface area contributed by atoms with Gasteiger partial charge in [-0.3, -0.25) is 10.2 Å². The van der Waals surface area contributed by atoms with Crippen molar-refractivity contribution in [3.05, 3.63) is 18.2 Å². The SMILES string of the molecule is N=C1C(=O)CCN1c1ccc2c(c1)OCO2. The van der Waals surface area contributed by atoms with E-state index in [9.17, 15) is 4.79 Å². The zero-order chi connectivity index (χ0) is 11.1. The number of anilines is 1. The van der Waals surface area contributed by atoms with E-state index in [1.165, 1.54) is 0 Å². The molecule has 0 bridgehead atoms. The smallest absolute Gasteiger partial charge is 0.231 e. The zero-order valence-corrected chi connectivity index (χ0v) is 8.53. The topological polar surface area (TPSA) is 62.6 Å². The standard InChI is InChI=1S/C11H10N2O3/c12-11-8(14)3-4-13(11)7-1-2-9-10(5-7)16-6-15-9/h1-2,5,12H,3-4,6H2. The molecule has 16 heavy (non-hydrogen) atoms. The van der Waals surface area contributed by atoms with Gasteiger partial charge in [-0.1, -0.05) is 0 Å². The predicted octanol–water partition coefficient (Wildman–Crippen LogP) is 1.17. The van der Waals surface area contributed by atoms with E-state index in [1.54, 1.807) is 17.0 Å². The number of hydrogen-bond donors (Lipinski definition) is 1. The molecule has 0 unspecified atom stereocenters. The Balaban J connectivity index is 1.96. The molecule has 1 fully saturated rings. The first-order chi connectivity index (χ1) is 7.75. The Bertz CT molecular complexity index is 484. The third kappa shape index (κ3) is 1.25. The normalized spacial score (nSPS) is 18.4. The molecule has 2 aliphatic heterocycles. The third-order valence-electron chi connectivity index (χ3n) is 2.76. The van der Waals surface area contributed by atoms with Crippen LogP contribution in [0.2, 0.25) is 0 Å². The van der Waals surface area contributed by atoms with Gasteiger partial charge in [-0.05, 0) is 12.1 Å². The maximum absolute atomic E-state index is 11.3. The number of Topliss-reactive ketones (excluding diaryl/α,β-unsaturated/α-hetero) is 1. The van der Waals surface area contributed by atoms with Crippen LogP contribution in [0.3, 0.4) is 0 Å². The molecular weight excluding hydrogens is 208 g/mol. The highest BCUT2D eigenvalue weighted by Crippen LogP contribution is 2.36. The van der Waals surface area contributed by atoms with Gasteiger partial charge < -0.3 is 14.4 Å². The van der Waals surface area contributed by atoms with E-state index in [0.29, 0.717) is 24.5 Å². The predicted molar refractivity (Wildman–Crippen MR) is 57.3 cm³/mol. The van der Waals surface area contributed by atoms with Gasteiger partial charge in [0, 0.05) is 24.7 Å². The number of fused-ring (bicyclic) bond motifs is 1. The Morgan fingerprint density at radius 2 is 2.06 bits per heavy atom. The maximum atomic E-state index is 11.3. The number of ether oxygens (including phenoxy) is 2. The average Bonchev–Trinajstić information content (AvgIpc) is 2.86. The van der Waals surface area contributed by atoms with Crippen LogP contribution in [-0.4, -0.2) is 25.0 Å². The Morgan fingerprint density at radius 3 is 2.81 bits per heavy atom. The molecule has 0 aromatic heterocycles. The van der Waals surface area contributed by atoms with Crippen molar-refractivity contribution in [1.29, 1.82) is 5.41 Å². The molecule has 5 nitrogen and oxygen atoms in total. The summed E-state index contributed by atoms with van der Waals surface area (Å²) in [5.41, 5.74) is 0.806. The van der Waals surface area contributed by atoms with E-state index < -0.39 is 0 Å². The number of carbonyl (C=O) groups is 1. The van der Waals surface area contributed by atoms with Gasteiger partial charge in [-0.25, -0.2) is 0 Å². The van der Waals surface area contributed by atoms with Gasteiger partial charge in [0.2, 0.25) is 6.79 Å². The first-order valence-electron chi connectivity index (χ1n) is 5.04. The van der Waals surface area contributed by atoms with E-state index in [-0.39, 0.29) is 18.4 Å². The van der Waals surface area contributed by atoms with Crippen molar-refractivity contribution in [3.63, 3.8) is 0 Å². The molecule has 5 heteroatoms. The summed E-state index contributed by atoms with van der Waals surface area (Å²) in [5, 5.41) is 7.65. The van der Waals surface area contributed by atoms with Crippen molar-refractivity contribution in [2.24, 2.45) is 0 Å². The second-order valence-corrected chi connectivity index (χ2v) is 3.71. The van der Waals surface area contributed by atoms with Crippen molar-refractivity contribution < 1.29 is 14.3 Å². The highest BCUT2D eigenvalue weighted by Gasteiger charge is 2.27. The summed E-state index contributed by atoms with van der Waals surface area (Å²) < 4.78 is 10.5. The molecule has 3 rings (SSSR count). The summed E-state index contributed by atoms with van der Waals surface area (Å²) in [7, 11) is 0. The molecular formula is C11H10N2O3. The Hall–Kier alpha value is -2.04. The van der Waals surface area contributed by atoms with Gasteiger partial charge in [0.1, 0.15) is 0 Å². The summed E-state index contributed by atoms with van der Waals surface area (Å²) in [6.07, 6.45) is 0.410. The van der Waals surface area contributed by atoms with Gasteiger partial charge in [-0.15, -0.1) is 0 Å². The van der Waals surface area contributed by atoms with Crippen LogP contribution in [-0.2, 0) is 4.79 Å². The maximum Gasteiger partial charge on any atom is 0.231 e. The quantitative estimate of drug-likeness (QED) is 0.768. The van der Waals surface area contributed by atoms with E-state index in [1.807, 2.05) is 6.07 Å². The number of hydrogen-bond acceptors (Lipinski definition) is 4. The monoisotopic (exact) mass is 218 g/mol. The number of amidine groups is 1. The lowest BCUT2D eigenvalue weighted by Crippen LogP contribution is -2.26. The van der Waals surface area contributed by atoms with Crippen molar-refractivity contribution in [2.75, 3.05) is 18.2 Å². The van der Waals surface area contributed by atoms with Crippen LogP contribution in [0, 0.1) is 5.41 Å². The number of benzene rings is 1. The minimum atomic E-state index is -0.113. The molecule has 1 saturated heterocycles. The highest BCUT2D eigenvalue weighted by atomic mass is 16.7. The van der Waals surface area contributed by atoms with Crippen LogP contribution in [0.1, 0.15) is 6.42 Å². The fourth-order valence-corrected chi connectivity index (χ4v) is 1.91. The molecule has 2 heterocycles. The fraction of sp³-hybridized carbons (Fsp3) is 0.273. The molecule has 2 aliphatic rings. The molecule has 0 atom stereocenters. The number of rotatable bonds is 1. The first kappa shape index (κ1) is 9.21. The van der Waals surface area contributed by atoms with Gasteiger partial charge in [0.05, 0.1) is 0 Å². The largest absolute Gasteiger partial charge is 0.454 e. The highest BCUT2D eigenvalue weighted by molar-refractivity contribution is 6.45. The van der Waals surface area contributed by atoms with Gasteiger partial charge >= 0.3 is 0 Å². The minimum Gasteiger partial charge on any atom is -0.454 e. The van der Waals surface area contributed by atoms with E-state index in [2.05, 4.69) is 0 Å². The Labute approximate surface area is 92.1 Å². The van der Waals surface area contributed by atoms with E-state index in [0.717, 1.165) is 5.69 Å².